The number of amides is 1. The molecule has 0 bridgehead atoms. The average molecular weight is 283 g/mol. The topological polar surface area (TPSA) is 59.2 Å². The van der Waals surface area contributed by atoms with E-state index in [1.807, 2.05) is 41.3 Å². The lowest BCUT2D eigenvalue weighted by Gasteiger charge is -2.22. The summed E-state index contributed by atoms with van der Waals surface area (Å²) in [5.41, 5.74) is 8.07. The molecule has 0 saturated carbocycles. The minimum absolute atomic E-state index is 0.0377. The summed E-state index contributed by atoms with van der Waals surface area (Å²) in [6.07, 6.45) is 2.58. The van der Waals surface area contributed by atoms with Crippen LogP contribution in [0.2, 0.25) is 0 Å². The van der Waals surface area contributed by atoms with Crippen LogP contribution in [0.25, 0.3) is 0 Å². The van der Waals surface area contributed by atoms with E-state index in [1.165, 1.54) is 0 Å². The van der Waals surface area contributed by atoms with E-state index in [0.29, 0.717) is 25.3 Å². The van der Waals surface area contributed by atoms with Gasteiger partial charge in [-0.3, -0.25) is 9.78 Å². The van der Waals surface area contributed by atoms with E-state index in [2.05, 4.69) is 11.9 Å². The summed E-state index contributed by atoms with van der Waals surface area (Å²) in [5.74, 6) is -0.0377. The fourth-order valence-corrected chi connectivity index (χ4v) is 2.16. The first-order chi connectivity index (χ1) is 10.2. The number of carbonyl (C=O) groups excluding carboxylic acids is 1. The number of hydrogen-bond acceptors (Lipinski definition) is 3. The van der Waals surface area contributed by atoms with Gasteiger partial charge in [-0.15, -0.1) is 0 Å². The Morgan fingerprint density at radius 1 is 1.14 bits per heavy atom. The van der Waals surface area contributed by atoms with E-state index in [0.717, 1.165) is 17.5 Å². The molecule has 0 spiro atoms. The number of nitrogens with zero attached hydrogens (tertiary/aromatic N) is 2. The van der Waals surface area contributed by atoms with Gasteiger partial charge in [0.1, 0.15) is 5.69 Å². The second-order valence-electron chi connectivity index (χ2n) is 4.97. The molecule has 2 aromatic rings. The molecule has 0 atom stereocenters. The highest BCUT2D eigenvalue weighted by Crippen LogP contribution is 2.10. The Hall–Kier alpha value is -2.20. The van der Waals surface area contributed by atoms with E-state index in [1.54, 1.807) is 12.3 Å². The normalized spacial score (nSPS) is 10.4. The smallest absolute Gasteiger partial charge is 0.272 e. The van der Waals surface area contributed by atoms with Gasteiger partial charge in [-0.2, -0.15) is 0 Å². The maximum Gasteiger partial charge on any atom is 0.272 e. The van der Waals surface area contributed by atoms with Crippen molar-refractivity contribution < 1.29 is 4.79 Å². The third-order valence-corrected chi connectivity index (χ3v) is 3.28. The Morgan fingerprint density at radius 2 is 1.90 bits per heavy atom. The lowest BCUT2D eigenvalue weighted by Crippen LogP contribution is -2.31. The average Bonchev–Trinajstić information content (AvgIpc) is 2.55. The Kier molecular flexibility index (Phi) is 5.46. The number of pyridine rings is 1. The zero-order valence-electron chi connectivity index (χ0n) is 12.3. The zero-order valence-corrected chi connectivity index (χ0v) is 12.3. The van der Waals surface area contributed by atoms with Crippen LogP contribution in [0.4, 0.5) is 0 Å². The highest BCUT2D eigenvalue weighted by molar-refractivity contribution is 5.92. The van der Waals surface area contributed by atoms with Gasteiger partial charge in [-0.05, 0) is 23.6 Å². The Bertz CT molecular complexity index is 566. The Balaban J connectivity index is 2.14. The molecule has 0 aliphatic carbocycles. The van der Waals surface area contributed by atoms with Crippen molar-refractivity contribution in [3.05, 3.63) is 65.5 Å². The van der Waals surface area contributed by atoms with Gasteiger partial charge in [0.2, 0.25) is 0 Å². The number of aromatic nitrogens is 1. The number of carbonyl (C=O) groups is 1. The van der Waals surface area contributed by atoms with Crippen LogP contribution in [0.3, 0.4) is 0 Å². The van der Waals surface area contributed by atoms with Crippen LogP contribution < -0.4 is 5.73 Å². The van der Waals surface area contributed by atoms with Gasteiger partial charge < -0.3 is 10.6 Å². The van der Waals surface area contributed by atoms with Gasteiger partial charge in [0.15, 0.2) is 0 Å². The predicted octanol–water partition coefficient (Wildman–Crippen LogP) is 2.59. The number of hydrogen-bond donors (Lipinski definition) is 1. The van der Waals surface area contributed by atoms with Crippen molar-refractivity contribution in [1.82, 2.24) is 9.88 Å². The molecule has 2 N–H and O–H groups in total. The van der Waals surface area contributed by atoms with E-state index < -0.39 is 0 Å². The lowest BCUT2D eigenvalue weighted by atomic mass is 10.2. The van der Waals surface area contributed by atoms with Gasteiger partial charge in [0.05, 0.1) is 0 Å². The first-order valence-corrected chi connectivity index (χ1v) is 7.22. The maximum absolute atomic E-state index is 12.6. The van der Waals surface area contributed by atoms with Crippen molar-refractivity contribution in [2.45, 2.75) is 26.4 Å². The highest BCUT2D eigenvalue weighted by atomic mass is 16.2. The Labute approximate surface area is 125 Å². The van der Waals surface area contributed by atoms with Crippen LogP contribution >= 0.6 is 0 Å². The number of benzene rings is 1. The van der Waals surface area contributed by atoms with Gasteiger partial charge in [-0.1, -0.05) is 43.3 Å². The molecular weight excluding hydrogens is 262 g/mol. The quantitative estimate of drug-likeness (QED) is 0.886. The second kappa shape index (κ2) is 7.55. The number of rotatable bonds is 6. The van der Waals surface area contributed by atoms with Gasteiger partial charge in [0.25, 0.3) is 5.91 Å². The van der Waals surface area contributed by atoms with E-state index in [-0.39, 0.29) is 5.91 Å². The molecule has 0 aliphatic rings. The fraction of sp³-hybridized carbons (Fsp3) is 0.294. The van der Waals surface area contributed by atoms with Crippen molar-refractivity contribution >= 4 is 5.91 Å². The first-order valence-electron chi connectivity index (χ1n) is 7.22. The SMILES string of the molecule is CCCN(Cc1ccccc1)C(=O)c1ccc(CN)cn1. The van der Waals surface area contributed by atoms with Crippen molar-refractivity contribution in [3.8, 4) is 0 Å². The van der Waals surface area contributed by atoms with Crippen molar-refractivity contribution in [2.24, 2.45) is 5.73 Å². The molecule has 0 fully saturated rings. The van der Waals surface area contributed by atoms with Gasteiger partial charge in [-0.25, -0.2) is 0 Å². The first kappa shape index (κ1) is 15.2. The summed E-state index contributed by atoms with van der Waals surface area (Å²) in [6.45, 7) is 3.82. The minimum atomic E-state index is -0.0377. The van der Waals surface area contributed by atoms with Gasteiger partial charge in [0, 0.05) is 25.8 Å². The molecule has 2 rings (SSSR count). The van der Waals surface area contributed by atoms with Crippen molar-refractivity contribution in [1.29, 1.82) is 0 Å². The van der Waals surface area contributed by atoms with Crippen LogP contribution in [0.1, 0.15) is 35.0 Å². The Morgan fingerprint density at radius 3 is 2.48 bits per heavy atom. The third kappa shape index (κ3) is 4.13. The van der Waals surface area contributed by atoms with E-state index >= 15 is 0 Å². The summed E-state index contributed by atoms with van der Waals surface area (Å²) in [6, 6.07) is 13.6. The molecule has 1 aromatic heterocycles. The van der Waals surface area contributed by atoms with Crippen LogP contribution in [-0.2, 0) is 13.1 Å². The molecule has 21 heavy (non-hydrogen) atoms. The zero-order chi connectivity index (χ0) is 15.1. The minimum Gasteiger partial charge on any atom is -0.333 e. The number of nitrogens with two attached hydrogens (primary N) is 1. The van der Waals surface area contributed by atoms with Crippen LogP contribution in [0.5, 0.6) is 0 Å². The molecule has 4 nitrogen and oxygen atoms in total. The molecule has 4 heteroatoms. The molecule has 0 saturated heterocycles. The summed E-state index contributed by atoms with van der Waals surface area (Å²) in [5, 5.41) is 0. The summed E-state index contributed by atoms with van der Waals surface area (Å²) >= 11 is 0. The van der Waals surface area contributed by atoms with Crippen LogP contribution in [0, 0.1) is 0 Å². The monoisotopic (exact) mass is 283 g/mol. The highest BCUT2D eigenvalue weighted by Gasteiger charge is 2.16. The fourth-order valence-electron chi connectivity index (χ4n) is 2.16. The molecule has 0 radical (unpaired) electrons. The molecule has 1 amide bonds. The third-order valence-electron chi connectivity index (χ3n) is 3.28. The second-order valence-corrected chi connectivity index (χ2v) is 4.97. The predicted molar refractivity (Wildman–Crippen MR) is 83.6 cm³/mol. The van der Waals surface area contributed by atoms with Crippen LogP contribution in [0.15, 0.2) is 48.7 Å². The van der Waals surface area contributed by atoms with E-state index in [4.69, 9.17) is 5.73 Å². The molecule has 0 aliphatic heterocycles. The van der Waals surface area contributed by atoms with Crippen molar-refractivity contribution in [3.63, 3.8) is 0 Å². The lowest BCUT2D eigenvalue weighted by molar-refractivity contribution is 0.0737. The van der Waals surface area contributed by atoms with Crippen molar-refractivity contribution in [2.75, 3.05) is 6.54 Å². The van der Waals surface area contributed by atoms with Crippen LogP contribution in [-0.4, -0.2) is 22.3 Å². The molecule has 1 aromatic carbocycles. The molecule has 1 heterocycles. The summed E-state index contributed by atoms with van der Waals surface area (Å²) in [7, 11) is 0. The maximum atomic E-state index is 12.6. The molecular formula is C17H21N3O. The largest absolute Gasteiger partial charge is 0.333 e. The summed E-state index contributed by atoms with van der Waals surface area (Å²) in [4.78, 5) is 18.6. The molecule has 0 unspecified atom stereocenters. The summed E-state index contributed by atoms with van der Waals surface area (Å²) < 4.78 is 0. The molecule has 110 valence electrons. The van der Waals surface area contributed by atoms with E-state index in [9.17, 15) is 4.79 Å². The van der Waals surface area contributed by atoms with Gasteiger partial charge >= 0.3 is 0 Å². The standard InChI is InChI=1S/C17H21N3O/c1-2-10-20(13-14-6-4-3-5-7-14)17(21)16-9-8-15(11-18)12-19-16/h3-9,12H,2,10-11,13,18H2,1H3.